The van der Waals surface area contributed by atoms with E-state index in [0.29, 0.717) is 0 Å². The van der Waals surface area contributed by atoms with E-state index in [9.17, 15) is 0 Å². The standard InChI is InChI=1S/C20H22Si/c1-15-8-6-12-19(16(15)2)21-20-13-7-11-18(20)14-17-9-4-3-5-10-17/h3-12H,13-14,21H2,1-2H3. The van der Waals surface area contributed by atoms with Crippen LogP contribution in [-0.4, -0.2) is 9.52 Å². The summed E-state index contributed by atoms with van der Waals surface area (Å²) in [5.41, 5.74) is 5.92. The Kier molecular flexibility index (Phi) is 4.21. The zero-order valence-electron chi connectivity index (χ0n) is 12.9. The summed E-state index contributed by atoms with van der Waals surface area (Å²) >= 11 is 0. The average molecular weight is 290 g/mol. The first kappa shape index (κ1) is 14.1. The molecule has 1 heteroatoms. The van der Waals surface area contributed by atoms with Gasteiger partial charge in [-0.2, -0.15) is 0 Å². The molecule has 2 aromatic carbocycles. The maximum Gasteiger partial charge on any atom is 0.0835 e. The molecule has 0 atom stereocenters. The Bertz CT molecular complexity index is 693. The number of benzene rings is 2. The SMILES string of the molecule is Cc1cccc([SiH2]C2=C(Cc3ccccc3)C=CC2)c1C. The Morgan fingerprint density at radius 3 is 2.57 bits per heavy atom. The fraction of sp³-hybridized carbons (Fsp3) is 0.200. The summed E-state index contributed by atoms with van der Waals surface area (Å²) in [6.45, 7) is 4.50. The lowest BCUT2D eigenvalue weighted by atomic mass is 10.1. The van der Waals surface area contributed by atoms with Gasteiger partial charge in [-0.15, -0.1) is 0 Å². The van der Waals surface area contributed by atoms with Crippen LogP contribution in [0.2, 0.25) is 0 Å². The van der Waals surface area contributed by atoms with Crippen LogP contribution in [0, 0.1) is 13.8 Å². The topological polar surface area (TPSA) is 0 Å². The molecule has 0 nitrogen and oxygen atoms in total. The van der Waals surface area contributed by atoms with Gasteiger partial charge in [0.15, 0.2) is 0 Å². The molecule has 0 fully saturated rings. The van der Waals surface area contributed by atoms with Crippen LogP contribution in [0.15, 0.2) is 71.5 Å². The molecular weight excluding hydrogens is 268 g/mol. The van der Waals surface area contributed by atoms with Gasteiger partial charge in [0.2, 0.25) is 0 Å². The van der Waals surface area contributed by atoms with Gasteiger partial charge in [-0.05, 0) is 49.0 Å². The fourth-order valence-corrected chi connectivity index (χ4v) is 5.05. The molecule has 21 heavy (non-hydrogen) atoms. The van der Waals surface area contributed by atoms with E-state index in [1.807, 2.05) is 0 Å². The molecule has 0 aromatic heterocycles. The monoisotopic (exact) mass is 290 g/mol. The summed E-state index contributed by atoms with van der Waals surface area (Å²) in [5.74, 6) is 0. The molecule has 0 saturated carbocycles. The van der Waals surface area contributed by atoms with Crippen molar-refractivity contribution in [3.05, 3.63) is 88.1 Å². The van der Waals surface area contributed by atoms with Gasteiger partial charge in [0.25, 0.3) is 0 Å². The molecule has 0 unspecified atom stereocenters. The Hall–Kier alpha value is -1.86. The average Bonchev–Trinajstić information content (AvgIpc) is 2.92. The van der Waals surface area contributed by atoms with Crippen LogP contribution >= 0.6 is 0 Å². The van der Waals surface area contributed by atoms with E-state index in [1.54, 1.807) is 16.0 Å². The van der Waals surface area contributed by atoms with Crippen molar-refractivity contribution in [1.29, 1.82) is 0 Å². The Labute approximate surface area is 130 Å². The second-order valence-corrected chi connectivity index (χ2v) is 7.90. The fourth-order valence-electron chi connectivity index (χ4n) is 3.01. The zero-order chi connectivity index (χ0) is 14.7. The molecule has 0 amide bonds. The van der Waals surface area contributed by atoms with Crippen molar-refractivity contribution in [2.45, 2.75) is 26.7 Å². The molecule has 0 spiro atoms. The Morgan fingerprint density at radius 2 is 1.76 bits per heavy atom. The van der Waals surface area contributed by atoms with Gasteiger partial charge >= 0.3 is 0 Å². The highest BCUT2D eigenvalue weighted by Crippen LogP contribution is 2.22. The summed E-state index contributed by atoms with van der Waals surface area (Å²) < 4.78 is 0. The van der Waals surface area contributed by atoms with Crippen molar-refractivity contribution >= 4 is 14.7 Å². The highest BCUT2D eigenvalue weighted by Gasteiger charge is 2.12. The summed E-state index contributed by atoms with van der Waals surface area (Å²) in [4.78, 5) is 0. The van der Waals surface area contributed by atoms with E-state index in [1.165, 1.54) is 23.1 Å². The number of aryl methyl sites for hydroxylation is 1. The molecule has 106 valence electrons. The summed E-state index contributed by atoms with van der Waals surface area (Å²) in [6.07, 6.45) is 6.94. The molecule has 1 aliphatic carbocycles. The van der Waals surface area contributed by atoms with Crippen molar-refractivity contribution in [2.24, 2.45) is 0 Å². The molecule has 0 radical (unpaired) electrons. The van der Waals surface area contributed by atoms with Crippen LogP contribution in [0.1, 0.15) is 23.1 Å². The molecule has 0 heterocycles. The van der Waals surface area contributed by atoms with Gasteiger partial charge in [0, 0.05) is 0 Å². The zero-order valence-corrected chi connectivity index (χ0v) is 14.3. The van der Waals surface area contributed by atoms with Gasteiger partial charge in [0.05, 0.1) is 9.52 Å². The summed E-state index contributed by atoms with van der Waals surface area (Å²) in [5, 5.41) is 3.33. The van der Waals surface area contributed by atoms with Crippen molar-refractivity contribution in [1.82, 2.24) is 0 Å². The molecule has 0 bridgehead atoms. The summed E-state index contributed by atoms with van der Waals surface area (Å²) in [6, 6.07) is 17.6. The third-order valence-electron chi connectivity index (χ3n) is 4.50. The van der Waals surface area contributed by atoms with Crippen molar-refractivity contribution < 1.29 is 0 Å². The Balaban J connectivity index is 1.83. The second-order valence-electron chi connectivity index (χ2n) is 5.93. The quantitative estimate of drug-likeness (QED) is 0.755. The maximum absolute atomic E-state index is 2.35. The van der Waals surface area contributed by atoms with Crippen LogP contribution in [0.4, 0.5) is 0 Å². The summed E-state index contributed by atoms with van der Waals surface area (Å²) in [7, 11) is -0.331. The van der Waals surface area contributed by atoms with Gasteiger partial charge < -0.3 is 0 Å². The molecule has 0 N–H and O–H groups in total. The highest BCUT2D eigenvalue weighted by molar-refractivity contribution is 6.62. The predicted octanol–water partition coefficient (Wildman–Crippen LogP) is 3.55. The van der Waals surface area contributed by atoms with Crippen LogP contribution < -0.4 is 5.19 Å². The normalized spacial score (nSPS) is 14.6. The van der Waals surface area contributed by atoms with Crippen LogP contribution in [0.25, 0.3) is 0 Å². The molecule has 0 saturated heterocycles. The first-order valence-corrected chi connectivity index (χ1v) is 9.12. The third-order valence-corrected chi connectivity index (χ3v) is 6.81. The van der Waals surface area contributed by atoms with Gasteiger partial charge in [-0.3, -0.25) is 0 Å². The van der Waals surface area contributed by atoms with Crippen molar-refractivity contribution in [3.63, 3.8) is 0 Å². The molecular formula is C20H22Si. The molecule has 3 rings (SSSR count). The third kappa shape index (κ3) is 3.25. The van der Waals surface area contributed by atoms with E-state index < -0.39 is 0 Å². The lowest BCUT2D eigenvalue weighted by Gasteiger charge is -2.11. The van der Waals surface area contributed by atoms with Crippen LogP contribution in [0.5, 0.6) is 0 Å². The van der Waals surface area contributed by atoms with Gasteiger partial charge in [0.1, 0.15) is 0 Å². The molecule has 0 aliphatic heterocycles. The predicted molar refractivity (Wildman–Crippen MR) is 95.0 cm³/mol. The van der Waals surface area contributed by atoms with Crippen LogP contribution in [0.3, 0.4) is 0 Å². The lowest BCUT2D eigenvalue weighted by molar-refractivity contribution is 1.18. The number of hydrogen-bond donors (Lipinski definition) is 0. The van der Waals surface area contributed by atoms with E-state index in [4.69, 9.17) is 0 Å². The largest absolute Gasteiger partial charge is 0.0835 e. The number of allylic oxidation sites excluding steroid dienone is 4. The first-order chi connectivity index (χ1) is 10.2. The van der Waals surface area contributed by atoms with Gasteiger partial charge in [-0.1, -0.05) is 71.1 Å². The van der Waals surface area contributed by atoms with E-state index >= 15 is 0 Å². The van der Waals surface area contributed by atoms with E-state index in [2.05, 4.69) is 74.5 Å². The lowest BCUT2D eigenvalue weighted by Crippen LogP contribution is -2.21. The number of hydrogen-bond acceptors (Lipinski definition) is 0. The van der Waals surface area contributed by atoms with Crippen LogP contribution in [-0.2, 0) is 6.42 Å². The second kappa shape index (κ2) is 6.27. The van der Waals surface area contributed by atoms with E-state index in [0.717, 1.165) is 6.42 Å². The minimum Gasteiger partial charge on any atom is -0.0806 e. The van der Waals surface area contributed by atoms with Crippen molar-refractivity contribution in [3.8, 4) is 0 Å². The minimum atomic E-state index is -0.331. The van der Waals surface area contributed by atoms with Gasteiger partial charge in [-0.25, -0.2) is 0 Å². The molecule has 1 aliphatic rings. The smallest absolute Gasteiger partial charge is 0.0806 e. The maximum atomic E-state index is 2.35. The van der Waals surface area contributed by atoms with Crippen molar-refractivity contribution in [2.75, 3.05) is 0 Å². The minimum absolute atomic E-state index is 0.331. The Morgan fingerprint density at radius 1 is 0.952 bits per heavy atom. The van der Waals surface area contributed by atoms with E-state index in [-0.39, 0.29) is 9.52 Å². The molecule has 2 aromatic rings. The first-order valence-electron chi connectivity index (χ1n) is 7.70. The highest BCUT2D eigenvalue weighted by atomic mass is 28.2. The number of rotatable bonds is 4.